The largest absolute Gasteiger partial charge is 0.416 e. The Morgan fingerprint density at radius 1 is 1.03 bits per heavy atom. The van der Waals surface area contributed by atoms with Gasteiger partial charge in [-0.15, -0.1) is 0 Å². The van der Waals surface area contributed by atoms with E-state index in [2.05, 4.69) is 10.5 Å². The van der Waals surface area contributed by atoms with Crippen molar-refractivity contribution in [2.75, 3.05) is 5.32 Å². The third-order valence-corrected chi connectivity index (χ3v) is 5.33. The molecular formula is C22H14F3N3O3S. The molecule has 0 radical (unpaired) electrons. The lowest BCUT2D eigenvalue weighted by molar-refractivity contribution is -0.137. The minimum Gasteiger partial charge on any atom is -0.366 e. The molecule has 0 fully saturated rings. The number of rotatable bonds is 5. The van der Waals surface area contributed by atoms with Gasteiger partial charge in [-0.05, 0) is 41.8 Å². The molecule has 2 amide bonds. The van der Waals surface area contributed by atoms with Crippen LogP contribution in [0.1, 0.15) is 26.3 Å². The smallest absolute Gasteiger partial charge is 0.366 e. The van der Waals surface area contributed by atoms with E-state index in [1.807, 2.05) is 10.8 Å². The number of benzene rings is 2. The fraction of sp³-hybridized carbons (Fsp3) is 0.0455. The summed E-state index contributed by atoms with van der Waals surface area (Å²) in [5.41, 5.74) is 6.62. The molecule has 2 aromatic carbocycles. The number of aromatic nitrogens is 1. The van der Waals surface area contributed by atoms with Crippen LogP contribution < -0.4 is 11.1 Å². The minimum absolute atomic E-state index is 0.0133. The molecule has 0 saturated heterocycles. The molecule has 4 aromatic rings. The molecular weight excluding hydrogens is 443 g/mol. The summed E-state index contributed by atoms with van der Waals surface area (Å²) in [5.74, 6) is -1.45. The molecule has 10 heteroatoms. The van der Waals surface area contributed by atoms with E-state index in [0.717, 1.165) is 24.3 Å². The van der Waals surface area contributed by atoms with E-state index in [0.29, 0.717) is 22.4 Å². The average molecular weight is 457 g/mol. The first-order valence-corrected chi connectivity index (χ1v) is 10.1. The molecule has 32 heavy (non-hydrogen) atoms. The Morgan fingerprint density at radius 2 is 1.75 bits per heavy atom. The average Bonchev–Trinajstić information content (AvgIpc) is 3.43. The van der Waals surface area contributed by atoms with E-state index in [-0.39, 0.29) is 17.0 Å². The van der Waals surface area contributed by atoms with Gasteiger partial charge in [0, 0.05) is 27.6 Å². The predicted molar refractivity (Wildman–Crippen MR) is 113 cm³/mol. The van der Waals surface area contributed by atoms with E-state index in [1.54, 1.807) is 24.3 Å². The summed E-state index contributed by atoms with van der Waals surface area (Å²) in [7, 11) is 0. The number of anilines is 1. The minimum atomic E-state index is -4.51. The fourth-order valence-electron chi connectivity index (χ4n) is 3.12. The second-order valence-electron chi connectivity index (χ2n) is 6.69. The monoisotopic (exact) mass is 457 g/mol. The molecule has 0 aliphatic carbocycles. The third kappa shape index (κ3) is 4.12. The zero-order chi connectivity index (χ0) is 22.9. The van der Waals surface area contributed by atoms with Crippen LogP contribution in [0.5, 0.6) is 0 Å². The predicted octanol–water partition coefficient (Wildman–Crippen LogP) is 5.44. The topological polar surface area (TPSA) is 98.2 Å². The Morgan fingerprint density at radius 3 is 2.38 bits per heavy atom. The number of nitrogens with two attached hydrogens (primary N) is 1. The van der Waals surface area contributed by atoms with Crippen LogP contribution in [0.25, 0.3) is 22.4 Å². The van der Waals surface area contributed by atoms with E-state index in [1.165, 1.54) is 17.4 Å². The second kappa shape index (κ2) is 8.31. The molecule has 0 aliphatic rings. The highest BCUT2D eigenvalue weighted by molar-refractivity contribution is 7.08. The summed E-state index contributed by atoms with van der Waals surface area (Å²) < 4.78 is 43.7. The summed E-state index contributed by atoms with van der Waals surface area (Å²) in [6.07, 6.45) is -4.51. The van der Waals surface area contributed by atoms with Crippen molar-refractivity contribution in [3.63, 3.8) is 0 Å². The van der Waals surface area contributed by atoms with Crippen LogP contribution in [0.15, 0.2) is 69.9 Å². The molecule has 0 atom stereocenters. The summed E-state index contributed by atoms with van der Waals surface area (Å²) in [4.78, 5) is 24.7. The number of thiophene rings is 1. The van der Waals surface area contributed by atoms with E-state index >= 15 is 0 Å². The van der Waals surface area contributed by atoms with Crippen LogP contribution >= 0.6 is 11.3 Å². The number of carbonyl (C=O) groups excluding carboxylic acids is 2. The quantitative estimate of drug-likeness (QED) is 0.417. The first kappa shape index (κ1) is 21.3. The molecule has 0 spiro atoms. The highest BCUT2D eigenvalue weighted by Crippen LogP contribution is 2.40. The molecule has 3 N–H and O–H groups in total. The Labute approximate surface area is 183 Å². The number of nitrogens with zero attached hydrogens (tertiary/aromatic N) is 1. The summed E-state index contributed by atoms with van der Waals surface area (Å²) >= 11 is 1.42. The van der Waals surface area contributed by atoms with Gasteiger partial charge < -0.3 is 10.3 Å². The van der Waals surface area contributed by atoms with Crippen molar-refractivity contribution >= 4 is 29.0 Å². The number of alkyl halides is 3. The van der Waals surface area contributed by atoms with Gasteiger partial charge in [-0.1, -0.05) is 23.4 Å². The lowest BCUT2D eigenvalue weighted by Crippen LogP contribution is -2.14. The van der Waals surface area contributed by atoms with Crippen molar-refractivity contribution in [3.8, 4) is 22.4 Å². The van der Waals surface area contributed by atoms with E-state index in [9.17, 15) is 22.8 Å². The third-order valence-electron chi connectivity index (χ3n) is 4.65. The number of amides is 2. The summed E-state index contributed by atoms with van der Waals surface area (Å²) in [5, 5.41) is 10.2. The Balaban J connectivity index is 1.76. The van der Waals surface area contributed by atoms with Crippen LogP contribution in [0.4, 0.5) is 19.1 Å². The van der Waals surface area contributed by atoms with Gasteiger partial charge in [-0.3, -0.25) is 14.9 Å². The SMILES string of the molecule is NC(=O)c1ccccc1-c1c(-c2ccsc2)noc1NC(=O)c1ccc(C(F)(F)F)cc1. The van der Waals surface area contributed by atoms with Crippen molar-refractivity contribution in [1.82, 2.24) is 5.16 Å². The molecule has 0 aliphatic heterocycles. The Hall–Kier alpha value is -3.92. The number of primary amides is 1. The second-order valence-corrected chi connectivity index (χ2v) is 7.47. The standard InChI is InChI=1S/C22H14F3N3O3S/c23-22(24,25)14-7-5-12(6-8-14)20(30)27-21-17(15-3-1-2-4-16(15)19(26)29)18(28-31-21)13-9-10-32-11-13/h1-11H,(H2,26,29)(H,27,30). The van der Waals surface area contributed by atoms with Crippen LogP contribution in [-0.2, 0) is 6.18 Å². The van der Waals surface area contributed by atoms with Gasteiger partial charge in [0.25, 0.3) is 5.91 Å². The van der Waals surface area contributed by atoms with E-state index < -0.39 is 23.6 Å². The first-order chi connectivity index (χ1) is 15.3. The zero-order valence-electron chi connectivity index (χ0n) is 16.1. The molecule has 2 heterocycles. The van der Waals surface area contributed by atoms with Gasteiger partial charge in [0.15, 0.2) is 0 Å². The summed E-state index contributed by atoms with van der Waals surface area (Å²) in [6, 6.07) is 12.0. The lowest BCUT2D eigenvalue weighted by Gasteiger charge is -2.10. The van der Waals surface area contributed by atoms with Gasteiger partial charge in [0.05, 0.1) is 11.1 Å². The number of hydrogen-bond donors (Lipinski definition) is 2. The number of hydrogen-bond acceptors (Lipinski definition) is 5. The number of nitrogens with one attached hydrogen (secondary N) is 1. The van der Waals surface area contributed by atoms with Gasteiger partial charge in [0.2, 0.25) is 11.8 Å². The maximum atomic E-state index is 12.8. The molecule has 2 aromatic heterocycles. The van der Waals surface area contributed by atoms with Crippen LogP contribution in [0, 0.1) is 0 Å². The van der Waals surface area contributed by atoms with Crippen molar-refractivity contribution in [1.29, 1.82) is 0 Å². The van der Waals surface area contributed by atoms with Crippen molar-refractivity contribution < 1.29 is 27.3 Å². The Bertz CT molecular complexity index is 1280. The first-order valence-electron chi connectivity index (χ1n) is 9.15. The zero-order valence-corrected chi connectivity index (χ0v) is 17.0. The molecule has 0 saturated carbocycles. The number of halogens is 3. The Kier molecular flexibility index (Phi) is 5.54. The maximum Gasteiger partial charge on any atom is 0.416 e. The van der Waals surface area contributed by atoms with E-state index in [4.69, 9.17) is 10.3 Å². The highest BCUT2D eigenvalue weighted by atomic mass is 32.1. The fourth-order valence-corrected chi connectivity index (χ4v) is 3.76. The maximum absolute atomic E-state index is 12.8. The van der Waals surface area contributed by atoms with Gasteiger partial charge >= 0.3 is 6.18 Å². The van der Waals surface area contributed by atoms with Crippen LogP contribution in [0.3, 0.4) is 0 Å². The normalized spacial score (nSPS) is 11.3. The lowest BCUT2D eigenvalue weighted by atomic mass is 9.97. The summed E-state index contributed by atoms with van der Waals surface area (Å²) in [6.45, 7) is 0. The van der Waals surface area contributed by atoms with Crippen molar-refractivity contribution in [2.45, 2.75) is 6.18 Å². The van der Waals surface area contributed by atoms with Crippen molar-refractivity contribution in [3.05, 3.63) is 82.0 Å². The van der Waals surface area contributed by atoms with Crippen LogP contribution in [0.2, 0.25) is 0 Å². The van der Waals surface area contributed by atoms with Crippen LogP contribution in [-0.4, -0.2) is 17.0 Å². The molecule has 162 valence electrons. The molecule has 4 rings (SSSR count). The van der Waals surface area contributed by atoms with Gasteiger partial charge in [-0.25, -0.2) is 0 Å². The highest BCUT2D eigenvalue weighted by Gasteiger charge is 2.30. The molecule has 0 bridgehead atoms. The molecule has 6 nitrogen and oxygen atoms in total. The number of carbonyl (C=O) groups is 2. The van der Waals surface area contributed by atoms with Crippen molar-refractivity contribution in [2.24, 2.45) is 5.73 Å². The molecule has 0 unspecified atom stereocenters. The van der Waals surface area contributed by atoms with Gasteiger partial charge in [0.1, 0.15) is 5.69 Å². The van der Waals surface area contributed by atoms with Gasteiger partial charge in [-0.2, -0.15) is 24.5 Å².